The number of ether oxygens (including phenoxy) is 1. The van der Waals surface area contributed by atoms with Gasteiger partial charge in [-0.3, -0.25) is 0 Å². The van der Waals surface area contributed by atoms with Crippen molar-refractivity contribution in [2.75, 3.05) is 6.61 Å². The monoisotopic (exact) mass is 110 g/mol. The molecule has 0 aromatic heterocycles. The second-order valence-electron chi connectivity index (χ2n) is 2.02. The van der Waals surface area contributed by atoms with Crippen LogP contribution in [0, 0.1) is 12.3 Å². The molecule has 0 bridgehead atoms. The fourth-order valence-electron chi connectivity index (χ4n) is 0.872. The Hall–Kier alpha value is -0.480. The number of terminal acetylenes is 1. The van der Waals surface area contributed by atoms with Gasteiger partial charge in [-0.15, -0.1) is 6.42 Å². The normalized spacial score (nSPS) is 29.1. The minimum absolute atomic E-state index is 0.115. The first-order valence-corrected chi connectivity index (χ1v) is 3.01. The first-order valence-electron chi connectivity index (χ1n) is 3.01. The Bertz CT molecular complexity index is 95.4. The van der Waals surface area contributed by atoms with Crippen LogP contribution in [0.1, 0.15) is 19.3 Å². The molecule has 0 N–H and O–H groups in total. The predicted octanol–water partition coefficient (Wildman–Crippen LogP) is 1.19. The third-order valence-corrected chi connectivity index (χ3v) is 1.37. The van der Waals surface area contributed by atoms with Gasteiger partial charge in [-0.2, -0.15) is 0 Å². The molecule has 0 aromatic carbocycles. The van der Waals surface area contributed by atoms with Crippen LogP contribution < -0.4 is 0 Å². The lowest BCUT2D eigenvalue weighted by Crippen LogP contribution is -2.16. The maximum absolute atomic E-state index is 5.19. The second-order valence-corrected chi connectivity index (χ2v) is 2.02. The molecule has 1 heteroatoms. The fraction of sp³-hybridized carbons (Fsp3) is 0.714. The van der Waals surface area contributed by atoms with E-state index in [9.17, 15) is 0 Å². The molecule has 0 radical (unpaired) electrons. The highest BCUT2D eigenvalue weighted by Crippen LogP contribution is 2.10. The predicted molar refractivity (Wildman–Crippen MR) is 32.4 cm³/mol. The molecule has 1 saturated heterocycles. The lowest BCUT2D eigenvalue weighted by molar-refractivity contribution is 0.0526. The number of rotatable bonds is 0. The van der Waals surface area contributed by atoms with Crippen molar-refractivity contribution in [3.63, 3.8) is 0 Å². The zero-order valence-electron chi connectivity index (χ0n) is 4.89. The van der Waals surface area contributed by atoms with Gasteiger partial charge in [-0.1, -0.05) is 5.92 Å². The highest BCUT2D eigenvalue weighted by Gasteiger charge is 2.08. The van der Waals surface area contributed by atoms with Gasteiger partial charge >= 0.3 is 0 Å². The molecule has 1 fully saturated rings. The minimum Gasteiger partial charge on any atom is -0.366 e. The molecule has 1 atom stereocenters. The van der Waals surface area contributed by atoms with Crippen molar-refractivity contribution < 1.29 is 4.74 Å². The van der Waals surface area contributed by atoms with Crippen LogP contribution in [0.2, 0.25) is 0 Å². The van der Waals surface area contributed by atoms with Gasteiger partial charge in [-0.05, 0) is 19.3 Å². The molecule has 1 nitrogen and oxygen atoms in total. The van der Waals surface area contributed by atoms with E-state index in [2.05, 4.69) is 5.92 Å². The summed E-state index contributed by atoms with van der Waals surface area (Å²) in [6, 6.07) is 0. The third-order valence-electron chi connectivity index (χ3n) is 1.37. The van der Waals surface area contributed by atoms with E-state index in [0.29, 0.717) is 0 Å². The van der Waals surface area contributed by atoms with Crippen molar-refractivity contribution >= 4 is 0 Å². The summed E-state index contributed by atoms with van der Waals surface area (Å²) in [6.45, 7) is 0.856. The average Bonchev–Trinajstić information content (AvgIpc) is 1.90. The Balaban J connectivity index is 2.25. The van der Waals surface area contributed by atoms with Crippen LogP contribution in [0.25, 0.3) is 0 Å². The van der Waals surface area contributed by atoms with E-state index in [-0.39, 0.29) is 6.10 Å². The minimum atomic E-state index is 0.115. The molecule has 0 saturated carbocycles. The molecule has 8 heavy (non-hydrogen) atoms. The average molecular weight is 110 g/mol. The fourth-order valence-corrected chi connectivity index (χ4v) is 0.872. The Labute approximate surface area is 50.0 Å². The van der Waals surface area contributed by atoms with E-state index in [1.165, 1.54) is 12.8 Å². The van der Waals surface area contributed by atoms with E-state index < -0.39 is 0 Å². The first kappa shape index (κ1) is 5.65. The van der Waals surface area contributed by atoms with Crippen LogP contribution in [0.15, 0.2) is 0 Å². The Morgan fingerprint density at radius 1 is 1.50 bits per heavy atom. The van der Waals surface area contributed by atoms with Gasteiger partial charge in [0.1, 0.15) is 6.10 Å². The Morgan fingerprint density at radius 2 is 2.38 bits per heavy atom. The maximum Gasteiger partial charge on any atom is 0.117 e. The van der Waals surface area contributed by atoms with Gasteiger partial charge < -0.3 is 4.74 Å². The van der Waals surface area contributed by atoms with Crippen LogP contribution >= 0.6 is 0 Å². The van der Waals surface area contributed by atoms with E-state index in [4.69, 9.17) is 11.2 Å². The highest BCUT2D eigenvalue weighted by atomic mass is 16.5. The lowest BCUT2D eigenvalue weighted by atomic mass is 10.1. The number of hydrogen-bond donors (Lipinski definition) is 0. The molecule has 1 rings (SSSR count). The summed E-state index contributed by atoms with van der Waals surface area (Å²) in [4.78, 5) is 0. The smallest absolute Gasteiger partial charge is 0.117 e. The molecule has 0 spiro atoms. The molecule has 1 unspecified atom stereocenters. The molecule has 0 amide bonds. The molecule has 1 heterocycles. The van der Waals surface area contributed by atoms with Gasteiger partial charge in [0.15, 0.2) is 0 Å². The molecular weight excluding hydrogens is 100 g/mol. The van der Waals surface area contributed by atoms with Gasteiger partial charge in [0.25, 0.3) is 0 Å². The van der Waals surface area contributed by atoms with Gasteiger partial charge in [0, 0.05) is 6.61 Å². The summed E-state index contributed by atoms with van der Waals surface area (Å²) in [6.07, 6.45) is 8.70. The molecule has 0 aromatic rings. The standard InChI is InChI=1S/C7H10O/c1-2-7-5-3-4-6-8-7/h1,7H,3-6H2. The van der Waals surface area contributed by atoms with Crippen molar-refractivity contribution in [2.45, 2.75) is 25.4 Å². The van der Waals surface area contributed by atoms with E-state index in [0.717, 1.165) is 13.0 Å². The van der Waals surface area contributed by atoms with Crippen molar-refractivity contribution in [1.82, 2.24) is 0 Å². The summed E-state index contributed by atoms with van der Waals surface area (Å²) in [7, 11) is 0. The molecular formula is C7H10O. The van der Waals surface area contributed by atoms with Crippen LogP contribution in [-0.4, -0.2) is 12.7 Å². The molecule has 0 aliphatic carbocycles. The third kappa shape index (κ3) is 1.24. The van der Waals surface area contributed by atoms with Crippen LogP contribution in [-0.2, 0) is 4.74 Å². The zero-order valence-corrected chi connectivity index (χ0v) is 4.89. The van der Waals surface area contributed by atoms with Crippen LogP contribution in [0.4, 0.5) is 0 Å². The Kier molecular flexibility index (Phi) is 1.93. The quantitative estimate of drug-likeness (QED) is 0.425. The summed E-state index contributed by atoms with van der Waals surface area (Å²) in [5.41, 5.74) is 0. The largest absolute Gasteiger partial charge is 0.366 e. The van der Waals surface area contributed by atoms with Gasteiger partial charge in [0.05, 0.1) is 0 Å². The van der Waals surface area contributed by atoms with E-state index in [1.807, 2.05) is 0 Å². The lowest BCUT2D eigenvalue weighted by Gasteiger charge is -2.16. The molecule has 1 aliphatic rings. The first-order chi connectivity index (χ1) is 3.93. The van der Waals surface area contributed by atoms with Gasteiger partial charge in [-0.25, -0.2) is 0 Å². The van der Waals surface area contributed by atoms with Crippen molar-refractivity contribution in [3.8, 4) is 12.3 Å². The zero-order chi connectivity index (χ0) is 5.82. The summed E-state index contributed by atoms with van der Waals surface area (Å²) in [5.74, 6) is 2.58. The van der Waals surface area contributed by atoms with E-state index in [1.54, 1.807) is 0 Å². The topological polar surface area (TPSA) is 9.23 Å². The van der Waals surface area contributed by atoms with Crippen molar-refractivity contribution in [3.05, 3.63) is 0 Å². The highest BCUT2D eigenvalue weighted by molar-refractivity contribution is 4.95. The van der Waals surface area contributed by atoms with Crippen LogP contribution in [0.3, 0.4) is 0 Å². The van der Waals surface area contributed by atoms with Crippen molar-refractivity contribution in [2.24, 2.45) is 0 Å². The van der Waals surface area contributed by atoms with Crippen LogP contribution in [0.5, 0.6) is 0 Å². The summed E-state index contributed by atoms with van der Waals surface area (Å²) < 4.78 is 5.19. The number of hydrogen-bond acceptors (Lipinski definition) is 1. The van der Waals surface area contributed by atoms with E-state index >= 15 is 0 Å². The Morgan fingerprint density at radius 3 is 2.75 bits per heavy atom. The van der Waals surface area contributed by atoms with Crippen molar-refractivity contribution in [1.29, 1.82) is 0 Å². The molecule has 1 aliphatic heterocycles. The summed E-state index contributed by atoms with van der Waals surface area (Å²) >= 11 is 0. The maximum atomic E-state index is 5.19. The second kappa shape index (κ2) is 2.74. The summed E-state index contributed by atoms with van der Waals surface area (Å²) in [5, 5.41) is 0. The van der Waals surface area contributed by atoms with Gasteiger partial charge in [0.2, 0.25) is 0 Å². The molecule has 44 valence electrons. The SMILES string of the molecule is C#CC1CCCCO1.